The molecule has 0 amide bonds. The lowest BCUT2D eigenvalue weighted by Gasteiger charge is -2.16. The number of nitrogens with zero attached hydrogens (tertiary/aromatic N) is 1. The Morgan fingerprint density at radius 1 is 1.33 bits per heavy atom. The normalized spacial score (nSPS) is 9.80. The molecule has 15 heavy (non-hydrogen) atoms. The van der Waals surface area contributed by atoms with Crippen LogP contribution in [0.3, 0.4) is 0 Å². The molecular formula is C10H10FNO3. The van der Waals surface area contributed by atoms with E-state index in [-0.39, 0.29) is 11.3 Å². The molecule has 0 saturated carbocycles. The zero-order valence-electron chi connectivity index (χ0n) is 8.32. The van der Waals surface area contributed by atoms with Gasteiger partial charge in [-0.25, -0.2) is 9.18 Å². The second kappa shape index (κ2) is 4.08. The van der Waals surface area contributed by atoms with Crippen LogP contribution >= 0.6 is 0 Å². The molecule has 0 unspecified atom stereocenters. The minimum absolute atomic E-state index is 0.00935. The van der Waals surface area contributed by atoms with E-state index in [4.69, 9.17) is 5.11 Å². The highest BCUT2D eigenvalue weighted by molar-refractivity contribution is 6.41. The van der Waals surface area contributed by atoms with Gasteiger partial charge in [-0.15, -0.1) is 0 Å². The molecule has 5 heteroatoms. The molecule has 0 aliphatic heterocycles. The van der Waals surface area contributed by atoms with Crippen molar-refractivity contribution in [3.05, 3.63) is 29.6 Å². The molecule has 0 bridgehead atoms. The van der Waals surface area contributed by atoms with E-state index in [1.54, 1.807) is 0 Å². The van der Waals surface area contributed by atoms with E-state index in [2.05, 4.69) is 0 Å². The van der Waals surface area contributed by atoms with Crippen LogP contribution in [0.2, 0.25) is 0 Å². The molecule has 1 aromatic carbocycles. The molecule has 80 valence electrons. The second-order valence-corrected chi connectivity index (χ2v) is 3.16. The Balaban J connectivity index is 3.35. The minimum Gasteiger partial charge on any atom is -0.475 e. The van der Waals surface area contributed by atoms with E-state index >= 15 is 0 Å². The maximum Gasteiger partial charge on any atom is 0.377 e. The topological polar surface area (TPSA) is 57.6 Å². The summed E-state index contributed by atoms with van der Waals surface area (Å²) in [6.45, 7) is 0. The highest BCUT2D eigenvalue weighted by Crippen LogP contribution is 2.22. The standard InChI is InChI=1S/C10H10FNO3/c1-12(2)8-6(9(13)10(14)15)4-3-5-7(8)11/h3-5H,1-2H3,(H,14,15). The van der Waals surface area contributed by atoms with Gasteiger partial charge in [-0.3, -0.25) is 4.79 Å². The Hall–Kier alpha value is -1.91. The number of halogens is 1. The van der Waals surface area contributed by atoms with Crippen LogP contribution in [-0.4, -0.2) is 31.0 Å². The average Bonchev–Trinajstić information content (AvgIpc) is 2.15. The Labute approximate surface area is 85.9 Å². The summed E-state index contributed by atoms with van der Waals surface area (Å²) in [5.74, 6) is -3.32. The third-order valence-corrected chi connectivity index (χ3v) is 1.87. The predicted molar refractivity (Wildman–Crippen MR) is 52.7 cm³/mol. The third kappa shape index (κ3) is 2.12. The molecule has 0 spiro atoms. The van der Waals surface area contributed by atoms with Crippen molar-refractivity contribution in [2.75, 3.05) is 19.0 Å². The Morgan fingerprint density at radius 2 is 1.93 bits per heavy atom. The van der Waals surface area contributed by atoms with Gasteiger partial charge in [-0.05, 0) is 12.1 Å². The number of carbonyl (C=O) groups is 2. The number of carbonyl (C=O) groups excluding carboxylic acids is 1. The molecule has 1 aromatic rings. The number of anilines is 1. The van der Waals surface area contributed by atoms with Gasteiger partial charge >= 0.3 is 5.97 Å². The fourth-order valence-corrected chi connectivity index (χ4v) is 1.27. The van der Waals surface area contributed by atoms with Crippen molar-refractivity contribution in [3.63, 3.8) is 0 Å². The first-order chi connectivity index (χ1) is 6.95. The lowest BCUT2D eigenvalue weighted by molar-refractivity contribution is -0.131. The van der Waals surface area contributed by atoms with Crippen LogP contribution in [0, 0.1) is 5.82 Å². The number of hydrogen-bond acceptors (Lipinski definition) is 3. The Kier molecular flexibility index (Phi) is 3.04. The Morgan fingerprint density at radius 3 is 2.40 bits per heavy atom. The summed E-state index contributed by atoms with van der Waals surface area (Å²) in [7, 11) is 3.08. The van der Waals surface area contributed by atoms with Crippen LogP contribution in [0.1, 0.15) is 10.4 Å². The SMILES string of the molecule is CN(C)c1c(F)cccc1C(=O)C(=O)O. The predicted octanol–water partition coefficient (Wildman–Crippen LogP) is 1.16. The molecule has 0 radical (unpaired) electrons. The number of para-hydroxylation sites is 1. The van der Waals surface area contributed by atoms with Crippen LogP contribution in [0.25, 0.3) is 0 Å². The molecule has 0 aliphatic carbocycles. The fraction of sp³-hybridized carbons (Fsp3) is 0.200. The maximum absolute atomic E-state index is 13.3. The van der Waals surface area contributed by atoms with Gasteiger partial charge < -0.3 is 10.0 Å². The van der Waals surface area contributed by atoms with Gasteiger partial charge in [0.25, 0.3) is 5.78 Å². The van der Waals surface area contributed by atoms with E-state index in [0.29, 0.717) is 0 Å². The van der Waals surface area contributed by atoms with Gasteiger partial charge in [0.05, 0.1) is 11.3 Å². The largest absolute Gasteiger partial charge is 0.475 e. The molecule has 0 atom stereocenters. The van der Waals surface area contributed by atoms with E-state index in [9.17, 15) is 14.0 Å². The van der Waals surface area contributed by atoms with Crippen molar-refractivity contribution in [1.29, 1.82) is 0 Å². The van der Waals surface area contributed by atoms with E-state index in [0.717, 1.165) is 0 Å². The van der Waals surface area contributed by atoms with Crippen molar-refractivity contribution in [2.24, 2.45) is 0 Å². The summed E-state index contributed by atoms with van der Waals surface area (Å²) in [5.41, 5.74) is -0.155. The average molecular weight is 211 g/mol. The second-order valence-electron chi connectivity index (χ2n) is 3.16. The Bertz CT molecular complexity index is 415. The zero-order valence-corrected chi connectivity index (χ0v) is 8.32. The molecule has 0 aliphatic rings. The van der Waals surface area contributed by atoms with Crippen molar-refractivity contribution in [2.45, 2.75) is 0 Å². The first-order valence-electron chi connectivity index (χ1n) is 4.18. The van der Waals surface area contributed by atoms with Gasteiger partial charge in [0.2, 0.25) is 0 Å². The first-order valence-corrected chi connectivity index (χ1v) is 4.18. The van der Waals surface area contributed by atoms with Crippen molar-refractivity contribution < 1.29 is 19.1 Å². The van der Waals surface area contributed by atoms with Crippen LogP contribution in [0.4, 0.5) is 10.1 Å². The lowest BCUT2D eigenvalue weighted by atomic mass is 10.1. The number of rotatable bonds is 3. The number of benzene rings is 1. The highest BCUT2D eigenvalue weighted by atomic mass is 19.1. The van der Waals surface area contributed by atoms with Crippen molar-refractivity contribution >= 4 is 17.4 Å². The highest BCUT2D eigenvalue weighted by Gasteiger charge is 2.21. The molecule has 0 fully saturated rings. The molecule has 0 saturated heterocycles. The van der Waals surface area contributed by atoms with Crippen molar-refractivity contribution in [1.82, 2.24) is 0 Å². The quantitative estimate of drug-likeness (QED) is 0.602. The molecule has 0 aromatic heterocycles. The van der Waals surface area contributed by atoms with Crippen LogP contribution in [0.15, 0.2) is 18.2 Å². The summed E-state index contributed by atoms with van der Waals surface area (Å²) in [5, 5.41) is 8.54. The zero-order chi connectivity index (χ0) is 11.6. The molecule has 1 rings (SSSR count). The van der Waals surface area contributed by atoms with Crippen LogP contribution in [0.5, 0.6) is 0 Å². The van der Waals surface area contributed by atoms with Crippen molar-refractivity contribution in [3.8, 4) is 0 Å². The number of carboxylic acid groups (broad SMARTS) is 1. The minimum atomic E-state index is -1.59. The molecule has 1 N–H and O–H groups in total. The number of Topliss-reactive ketones (excluding diaryl/α,β-unsaturated/α-hetero) is 1. The molecule has 0 heterocycles. The smallest absolute Gasteiger partial charge is 0.377 e. The summed E-state index contributed by atoms with van der Waals surface area (Å²) in [4.78, 5) is 23.1. The monoisotopic (exact) mass is 211 g/mol. The molecule has 4 nitrogen and oxygen atoms in total. The van der Waals surface area contributed by atoms with Gasteiger partial charge in [0.1, 0.15) is 5.82 Å². The van der Waals surface area contributed by atoms with E-state index < -0.39 is 17.6 Å². The van der Waals surface area contributed by atoms with Gasteiger partial charge in [0.15, 0.2) is 0 Å². The molecular weight excluding hydrogens is 201 g/mol. The first kappa shape index (κ1) is 11.2. The maximum atomic E-state index is 13.3. The van der Waals surface area contributed by atoms with Crippen LogP contribution < -0.4 is 4.90 Å². The lowest BCUT2D eigenvalue weighted by Crippen LogP contribution is -2.20. The van der Waals surface area contributed by atoms with Gasteiger partial charge in [-0.2, -0.15) is 0 Å². The summed E-state index contributed by atoms with van der Waals surface area (Å²) >= 11 is 0. The van der Waals surface area contributed by atoms with Gasteiger partial charge in [0, 0.05) is 14.1 Å². The summed E-state index contributed by atoms with van der Waals surface area (Å²) in [6.07, 6.45) is 0. The third-order valence-electron chi connectivity index (χ3n) is 1.87. The van der Waals surface area contributed by atoms with E-state index in [1.165, 1.54) is 37.2 Å². The fourth-order valence-electron chi connectivity index (χ4n) is 1.27. The van der Waals surface area contributed by atoms with Gasteiger partial charge in [-0.1, -0.05) is 6.07 Å². The summed E-state index contributed by atoms with van der Waals surface area (Å²) < 4.78 is 13.3. The number of ketones is 1. The van der Waals surface area contributed by atoms with Crippen LogP contribution in [-0.2, 0) is 4.79 Å². The number of hydrogen-bond donors (Lipinski definition) is 1. The summed E-state index contributed by atoms with van der Waals surface area (Å²) in [6, 6.07) is 3.77. The van der Waals surface area contributed by atoms with E-state index in [1.807, 2.05) is 0 Å². The number of carboxylic acids is 1. The number of aliphatic carboxylic acids is 1.